The van der Waals surface area contributed by atoms with Gasteiger partial charge in [0.1, 0.15) is 5.82 Å². The monoisotopic (exact) mass is 359 g/mol. The molecule has 21 heavy (non-hydrogen) atoms. The van der Waals surface area contributed by atoms with Gasteiger partial charge in [-0.05, 0) is 30.7 Å². The van der Waals surface area contributed by atoms with Crippen molar-refractivity contribution in [2.24, 2.45) is 0 Å². The minimum Gasteiger partial charge on any atom is -0.381 e. The fourth-order valence-corrected chi connectivity index (χ4v) is 3.34. The average Bonchev–Trinajstić information content (AvgIpc) is 2.50. The van der Waals surface area contributed by atoms with E-state index in [1.165, 1.54) is 6.07 Å². The van der Waals surface area contributed by atoms with Gasteiger partial charge < -0.3 is 14.8 Å². The summed E-state index contributed by atoms with van der Waals surface area (Å²) < 4.78 is 26.2. The summed E-state index contributed by atoms with van der Waals surface area (Å²) in [6, 6.07) is 5.31. The molecule has 1 aliphatic heterocycles. The number of halogens is 2. The number of benzene rings is 1. The molecule has 1 saturated heterocycles. The average molecular weight is 360 g/mol. The van der Waals surface area contributed by atoms with E-state index >= 15 is 0 Å². The highest BCUT2D eigenvalue weighted by Gasteiger charge is 2.40. The summed E-state index contributed by atoms with van der Waals surface area (Å²) in [5.74, 6) is -0.175. The highest BCUT2D eigenvalue weighted by atomic mass is 79.9. The molecule has 1 heterocycles. The Kier molecular flexibility index (Phi) is 6.17. The predicted molar refractivity (Wildman–Crippen MR) is 85.1 cm³/mol. The topological polar surface area (TPSA) is 30.5 Å². The number of ether oxygens (including phenoxy) is 2. The van der Waals surface area contributed by atoms with Crippen molar-refractivity contribution < 1.29 is 13.9 Å². The summed E-state index contributed by atoms with van der Waals surface area (Å²) in [6.45, 7) is 4.28. The molecule has 1 aromatic carbocycles. The number of rotatable bonds is 6. The van der Waals surface area contributed by atoms with E-state index in [1.54, 1.807) is 7.11 Å². The van der Waals surface area contributed by atoms with E-state index in [4.69, 9.17) is 9.47 Å². The molecule has 0 aliphatic carbocycles. The SMILES string of the molecule is CCNC(Cc1ccc(Br)cc1F)C1(OC)CCOCC1. The van der Waals surface area contributed by atoms with Crippen molar-refractivity contribution in [3.05, 3.63) is 34.1 Å². The van der Waals surface area contributed by atoms with Crippen LogP contribution < -0.4 is 5.32 Å². The fraction of sp³-hybridized carbons (Fsp3) is 0.625. The first-order chi connectivity index (χ1) is 10.1. The van der Waals surface area contributed by atoms with Gasteiger partial charge in [0.05, 0.1) is 5.60 Å². The predicted octanol–water partition coefficient (Wildman–Crippen LogP) is 3.30. The summed E-state index contributed by atoms with van der Waals surface area (Å²) >= 11 is 3.30. The van der Waals surface area contributed by atoms with Gasteiger partial charge in [0.25, 0.3) is 0 Å². The third-order valence-corrected chi connectivity index (χ3v) is 4.76. The van der Waals surface area contributed by atoms with Gasteiger partial charge in [0, 0.05) is 43.7 Å². The molecule has 0 saturated carbocycles. The van der Waals surface area contributed by atoms with Crippen molar-refractivity contribution in [3.8, 4) is 0 Å². The maximum absolute atomic E-state index is 14.1. The number of likely N-dealkylation sites (N-methyl/N-ethyl adjacent to an activating group) is 1. The Hall–Kier alpha value is -0.490. The second kappa shape index (κ2) is 7.68. The molecular formula is C16H23BrFNO2. The summed E-state index contributed by atoms with van der Waals surface area (Å²) in [4.78, 5) is 0. The van der Waals surface area contributed by atoms with Crippen LogP contribution in [0.5, 0.6) is 0 Å². The van der Waals surface area contributed by atoms with Crippen LogP contribution in [0.15, 0.2) is 22.7 Å². The Bertz CT molecular complexity index is 464. The lowest BCUT2D eigenvalue weighted by molar-refractivity contribution is -0.110. The van der Waals surface area contributed by atoms with E-state index < -0.39 is 0 Å². The molecule has 0 bridgehead atoms. The van der Waals surface area contributed by atoms with Crippen LogP contribution in [0.2, 0.25) is 0 Å². The molecule has 0 radical (unpaired) electrons. The van der Waals surface area contributed by atoms with E-state index in [0.717, 1.165) is 23.9 Å². The molecule has 2 rings (SSSR count). The summed E-state index contributed by atoms with van der Waals surface area (Å²) in [5, 5.41) is 3.48. The van der Waals surface area contributed by atoms with Gasteiger partial charge in [0.2, 0.25) is 0 Å². The van der Waals surface area contributed by atoms with Crippen molar-refractivity contribution in [1.29, 1.82) is 0 Å². The zero-order chi connectivity index (χ0) is 15.3. The van der Waals surface area contributed by atoms with Gasteiger partial charge in [-0.3, -0.25) is 0 Å². The van der Waals surface area contributed by atoms with Crippen LogP contribution in [0.4, 0.5) is 4.39 Å². The first kappa shape index (κ1) is 16.9. The van der Waals surface area contributed by atoms with E-state index in [0.29, 0.717) is 25.2 Å². The molecule has 118 valence electrons. The van der Waals surface area contributed by atoms with Crippen LogP contribution in [0, 0.1) is 5.82 Å². The van der Waals surface area contributed by atoms with E-state index in [2.05, 4.69) is 28.2 Å². The quantitative estimate of drug-likeness (QED) is 0.845. The summed E-state index contributed by atoms with van der Waals surface area (Å²) in [7, 11) is 1.74. The van der Waals surface area contributed by atoms with Gasteiger partial charge in [-0.25, -0.2) is 4.39 Å². The Morgan fingerprint density at radius 1 is 1.43 bits per heavy atom. The lowest BCUT2D eigenvalue weighted by Gasteiger charge is -2.42. The van der Waals surface area contributed by atoms with Crippen LogP contribution in [0.1, 0.15) is 25.3 Å². The molecule has 1 aliphatic rings. The van der Waals surface area contributed by atoms with Crippen molar-refractivity contribution in [3.63, 3.8) is 0 Å². The molecule has 3 nitrogen and oxygen atoms in total. The molecule has 1 N–H and O–H groups in total. The molecular weight excluding hydrogens is 337 g/mol. The maximum Gasteiger partial charge on any atom is 0.127 e. The summed E-state index contributed by atoms with van der Waals surface area (Å²) in [6.07, 6.45) is 2.28. The smallest absolute Gasteiger partial charge is 0.127 e. The highest BCUT2D eigenvalue weighted by molar-refractivity contribution is 9.10. The van der Waals surface area contributed by atoms with E-state index in [1.807, 2.05) is 12.1 Å². The number of nitrogens with one attached hydrogen (secondary N) is 1. The molecule has 0 spiro atoms. The Morgan fingerprint density at radius 2 is 2.14 bits per heavy atom. The Balaban J connectivity index is 2.21. The van der Waals surface area contributed by atoms with Crippen molar-refractivity contribution in [2.45, 2.75) is 37.8 Å². The first-order valence-corrected chi connectivity index (χ1v) is 8.21. The lowest BCUT2D eigenvalue weighted by atomic mass is 9.82. The van der Waals surface area contributed by atoms with Gasteiger partial charge >= 0.3 is 0 Å². The standard InChI is InChI=1S/C16H23BrFNO2/c1-3-19-15(16(20-2)6-8-21-9-7-16)10-12-4-5-13(17)11-14(12)18/h4-5,11,15,19H,3,6-10H2,1-2H3. The van der Waals surface area contributed by atoms with E-state index in [9.17, 15) is 4.39 Å². The molecule has 0 amide bonds. The zero-order valence-corrected chi connectivity index (χ0v) is 14.2. The number of methoxy groups -OCH3 is 1. The minimum absolute atomic E-state index is 0.0760. The van der Waals surface area contributed by atoms with Crippen LogP contribution in [0.25, 0.3) is 0 Å². The van der Waals surface area contributed by atoms with Gasteiger partial charge in [-0.1, -0.05) is 28.9 Å². The molecule has 1 atom stereocenters. The van der Waals surface area contributed by atoms with Crippen molar-refractivity contribution >= 4 is 15.9 Å². The molecule has 1 unspecified atom stereocenters. The zero-order valence-electron chi connectivity index (χ0n) is 12.6. The minimum atomic E-state index is -0.284. The normalized spacial score (nSPS) is 19.4. The van der Waals surface area contributed by atoms with Gasteiger partial charge in [0.15, 0.2) is 0 Å². The number of hydrogen-bond donors (Lipinski definition) is 1. The van der Waals surface area contributed by atoms with E-state index in [-0.39, 0.29) is 17.5 Å². The van der Waals surface area contributed by atoms with Crippen LogP contribution in [0.3, 0.4) is 0 Å². The largest absolute Gasteiger partial charge is 0.381 e. The van der Waals surface area contributed by atoms with Gasteiger partial charge in [-0.2, -0.15) is 0 Å². The highest BCUT2D eigenvalue weighted by Crippen LogP contribution is 2.31. The van der Waals surface area contributed by atoms with Crippen LogP contribution in [-0.2, 0) is 15.9 Å². The van der Waals surface area contributed by atoms with Gasteiger partial charge in [-0.15, -0.1) is 0 Å². The van der Waals surface area contributed by atoms with Crippen molar-refractivity contribution in [1.82, 2.24) is 5.32 Å². The third-order valence-electron chi connectivity index (χ3n) is 4.27. The second-order valence-electron chi connectivity index (χ2n) is 5.43. The maximum atomic E-state index is 14.1. The Morgan fingerprint density at radius 3 is 2.71 bits per heavy atom. The number of hydrogen-bond acceptors (Lipinski definition) is 3. The van der Waals surface area contributed by atoms with Crippen LogP contribution >= 0.6 is 15.9 Å². The van der Waals surface area contributed by atoms with Crippen molar-refractivity contribution in [2.75, 3.05) is 26.9 Å². The molecule has 0 aromatic heterocycles. The molecule has 1 fully saturated rings. The first-order valence-electron chi connectivity index (χ1n) is 7.41. The fourth-order valence-electron chi connectivity index (χ4n) is 3.01. The Labute approximate surface area is 134 Å². The lowest BCUT2D eigenvalue weighted by Crippen LogP contribution is -2.56. The molecule has 5 heteroatoms. The third kappa shape index (κ3) is 4.03. The second-order valence-corrected chi connectivity index (χ2v) is 6.35. The summed E-state index contributed by atoms with van der Waals surface area (Å²) in [5.41, 5.74) is 0.431. The molecule has 1 aromatic rings. The van der Waals surface area contributed by atoms with Crippen LogP contribution in [-0.4, -0.2) is 38.5 Å².